The minimum Gasteiger partial charge on any atom is -0.378 e. The Hall–Kier alpha value is -2.63. The average Bonchev–Trinajstić information content (AvgIpc) is 2.84. The smallest absolute Gasteiger partial charge is 0.318 e. The summed E-state index contributed by atoms with van der Waals surface area (Å²) >= 11 is 0. The van der Waals surface area contributed by atoms with Gasteiger partial charge in [-0.15, -0.1) is 0 Å². The fraction of sp³-hybridized carbons (Fsp3) is 0.625. The van der Waals surface area contributed by atoms with Crippen LogP contribution in [-0.4, -0.2) is 61.8 Å². The number of nitrogens with zero attached hydrogens (tertiary/aromatic N) is 2. The Labute approximate surface area is 190 Å². The number of urea groups is 1. The Morgan fingerprint density at radius 2 is 1.84 bits per heavy atom. The third-order valence-corrected chi connectivity index (χ3v) is 6.07. The predicted octanol–water partition coefficient (Wildman–Crippen LogP) is 2.59. The van der Waals surface area contributed by atoms with Crippen LogP contribution in [0.5, 0.6) is 0 Å². The van der Waals surface area contributed by atoms with Gasteiger partial charge in [0.2, 0.25) is 5.91 Å². The van der Waals surface area contributed by atoms with Crippen molar-refractivity contribution in [3.05, 3.63) is 35.9 Å². The average molecular weight is 443 g/mol. The highest BCUT2D eigenvalue weighted by atomic mass is 16.5. The Balaban J connectivity index is 1.55. The van der Waals surface area contributed by atoms with Gasteiger partial charge < -0.3 is 25.0 Å². The molecule has 1 aromatic rings. The second kappa shape index (κ2) is 13.0. The van der Waals surface area contributed by atoms with Gasteiger partial charge in [-0.3, -0.25) is 4.79 Å². The van der Waals surface area contributed by atoms with Crippen molar-refractivity contribution in [2.24, 2.45) is 5.92 Å². The SMILES string of the molecule is N#C[C@H](COCc1ccccc1)NC(=O)[C@H](CC1CCCCC1)NC(=O)N1CCOCC1. The van der Waals surface area contributed by atoms with Crippen LogP contribution in [0.1, 0.15) is 44.1 Å². The molecule has 2 atom stereocenters. The molecule has 3 rings (SSSR count). The molecule has 174 valence electrons. The molecule has 8 nitrogen and oxygen atoms in total. The summed E-state index contributed by atoms with van der Waals surface area (Å²) in [7, 11) is 0. The zero-order valence-corrected chi connectivity index (χ0v) is 18.6. The number of amides is 3. The highest BCUT2D eigenvalue weighted by molar-refractivity contribution is 5.87. The number of nitrogens with one attached hydrogen (secondary N) is 2. The largest absolute Gasteiger partial charge is 0.378 e. The molecule has 8 heteroatoms. The van der Waals surface area contributed by atoms with Crippen molar-refractivity contribution in [3.63, 3.8) is 0 Å². The summed E-state index contributed by atoms with van der Waals surface area (Å²) in [5.41, 5.74) is 1.00. The van der Waals surface area contributed by atoms with E-state index in [4.69, 9.17) is 9.47 Å². The highest BCUT2D eigenvalue weighted by Gasteiger charge is 2.29. The fourth-order valence-corrected chi connectivity index (χ4v) is 4.25. The fourth-order valence-electron chi connectivity index (χ4n) is 4.25. The Morgan fingerprint density at radius 1 is 1.12 bits per heavy atom. The molecule has 1 heterocycles. The monoisotopic (exact) mass is 442 g/mol. The lowest BCUT2D eigenvalue weighted by Crippen LogP contribution is -2.55. The number of benzene rings is 1. The van der Waals surface area contributed by atoms with Crippen molar-refractivity contribution < 1.29 is 19.1 Å². The van der Waals surface area contributed by atoms with Crippen LogP contribution in [0, 0.1) is 17.2 Å². The molecule has 1 aromatic carbocycles. The number of carbonyl (C=O) groups is 2. The maximum absolute atomic E-state index is 13.1. The van der Waals surface area contributed by atoms with Gasteiger partial charge in [0.25, 0.3) is 0 Å². The predicted molar refractivity (Wildman–Crippen MR) is 120 cm³/mol. The second-order valence-electron chi connectivity index (χ2n) is 8.53. The Morgan fingerprint density at radius 3 is 2.53 bits per heavy atom. The van der Waals surface area contributed by atoms with E-state index in [9.17, 15) is 14.9 Å². The van der Waals surface area contributed by atoms with Crippen LogP contribution in [0.3, 0.4) is 0 Å². The summed E-state index contributed by atoms with van der Waals surface area (Å²) in [4.78, 5) is 27.5. The zero-order chi connectivity index (χ0) is 22.6. The van der Waals surface area contributed by atoms with Crippen LogP contribution in [0.4, 0.5) is 4.79 Å². The number of carbonyl (C=O) groups excluding carboxylic acids is 2. The first kappa shape index (κ1) is 24.0. The zero-order valence-electron chi connectivity index (χ0n) is 18.6. The Kier molecular flexibility index (Phi) is 9.79. The lowest BCUT2D eigenvalue weighted by molar-refractivity contribution is -0.124. The first-order valence-corrected chi connectivity index (χ1v) is 11.6. The van der Waals surface area contributed by atoms with E-state index in [1.807, 2.05) is 30.3 Å². The first-order chi connectivity index (χ1) is 15.7. The van der Waals surface area contributed by atoms with Crippen molar-refractivity contribution in [3.8, 4) is 6.07 Å². The molecule has 0 radical (unpaired) electrons. The molecule has 1 saturated heterocycles. The molecule has 0 bridgehead atoms. The van der Waals surface area contributed by atoms with Gasteiger partial charge in [0, 0.05) is 13.1 Å². The van der Waals surface area contributed by atoms with E-state index in [1.54, 1.807) is 4.90 Å². The van der Waals surface area contributed by atoms with Crippen LogP contribution in [-0.2, 0) is 20.9 Å². The molecule has 2 aliphatic rings. The molecule has 0 unspecified atom stereocenters. The minimum atomic E-state index is -0.777. The Bertz CT molecular complexity index is 755. The van der Waals surface area contributed by atoms with E-state index in [1.165, 1.54) is 6.42 Å². The molecule has 2 fully saturated rings. The van der Waals surface area contributed by atoms with Gasteiger partial charge in [0.1, 0.15) is 12.1 Å². The van der Waals surface area contributed by atoms with Gasteiger partial charge >= 0.3 is 6.03 Å². The molecule has 1 saturated carbocycles. The van der Waals surface area contributed by atoms with Crippen molar-refractivity contribution in [1.29, 1.82) is 5.26 Å². The van der Waals surface area contributed by atoms with Gasteiger partial charge in [-0.05, 0) is 17.9 Å². The molecule has 1 aliphatic carbocycles. The van der Waals surface area contributed by atoms with E-state index in [0.29, 0.717) is 45.2 Å². The molecule has 0 spiro atoms. The minimum absolute atomic E-state index is 0.0880. The first-order valence-electron chi connectivity index (χ1n) is 11.6. The van der Waals surface area contributed by atoms with Crippen LogP contribution < -0.4 is 10.6 Å². The number of hydrogen-bond acceptors (Lipinski definition) is 5. The van der Waals surface area contributed by atoms with Crippen molar-refractivity contribution in [2.45, 2.75) is 57.2 Å². The topological polar surface area (TPSA) is 104 Å². The normalized spacial score (nSPS) is 18.9. The molecule has 0 aromatic heterocycles. The van der Waals surface area contributed by atoms with Gasteiger partial charge in [-0.25, -0.2) is 4.79 Å². The summed E-state index contributed by atoms with van der Waals surface area (Å²) in [5, 5.41) is 15.2. The third-order valence-electron chi connectivity index (χ3n) is 6.07. The summed E-state index contributed by atoms with van der Waals surface area (Å²) in [6.07, 6.45) is 6.26. The maximum atomic E-state index is 13.1. The van der Waals surface area contributed by atoms with Crippen molar-refractivity contribution >= 4 is 11.9 Å². The van der Waals surface area contributed by atoms with Crippen LogP contribution in [0.15, 0.2) is 30.3 Å². The van der Waals surface area contributed by atoms with Gasteiger partial charge in [-0.2, -0.15) is 5.26 Å². The summed E-state index contributed by atoms with van der Waals surface area (Å²) in [6, 6.07) is 10.1. The summed E-state index contributed by atoms with van der Waals surface area (Å²) < 4.78 is 10.9. The van der Waals surface area contributed by atoms with E-state index in [0.717, 1.165) is 31.2 Å². The lowest BCUT2D eigenvalue weighted by Gasteiger charge is -2.31. The van der Waals surface area contributed by atoms with Crippen LogP contribution in [0.25, 0.3) is 0 Å². The molecule has 1 aliphatic heterocycles. The van der Waals surface area contributed by atoms with Gasteiger partial charge in [-0.1, -0.05) is 62.4 Å². The molecular weight excluding hydrogens is 408 g/mol. The lowest BCUT2D eigenvalue weighted by atomic mass is 9.84. The van der Waals surface area contributed by atoms with Crippen molar-refractivity contribution in [2.75, 3.05) is 32.9 Å². The van der Waals surface area contributed by atoms with Gasteiger partial charge in [0.05, 0.1) is 32.5 Å². The van der Waals surface area contributed by atoms with Crippen LogP contribution in [0.2, 0.25) is 0 Å². The molecular formula is C24H34N4O4. The summed E-state index contributed by atoms with van der Waals surface area (Å²) in [5.74, 6) is 0.0754. The van der Waals surface area contributed by atoms with Gasteiger partial charge in [0.15, 0.2) is 0 Å². The quantitative estimate of drug-likeness (QED) is 0.612. The molecule has 3 amide bonds. The third kappa shape index (κ3) is 7.81. The van der Waals surface area contributed by atoms with E-state index in [-0.39, 0.29) is 18.5 Å². The number of ether oxygens (including phenoxy) is 2. The van der Waals surface area contributed by atoms with E-state index >= 15 is 0 Å². The summed E-state index contributed by atoms with van der Waals surface area (Å²) in [6.45, 7) is 2.48. The number of nitriles is 1. The second-order valence-corrected chi connectivity index (χ2v) is 8.53. The van der Waals surface area contributed by atoms with Crippen LogP contribution >= 0.6 is 0 Å². The molecule has 2 N–H and O–H groups in total. The maximum Gasteiger partial charge on any atom is 0.318 e. The number of morpholine rings is 1. The van der Waals surface area contributed by atoms with Crippen molar-refractivity contribution in [1.82, 2.24) is 15.5 Å². The molecule has 32 heavy (non-hydrogen) atoms. The van der Waals surface area contributed by atoms with E-state index in [2.05, 4.69) is 16.7 Å². The standard InChI is InChI=1S/C24H34N4O4/c25-16-21(18-32-17-20-9-5-2-6-10-20)26-23(29)22(15-19-7-3-1-4-8-19)27-24(30)28-11-13-31-14-12-28/h2,5-6,9-10,19,21-22H,1,3-4,7-8,11-15,17-18H2,(H,26,29)(H,27,30)/t21-,22+/m1/s1. The number of hydrogen-bond donors (Lipinski definition) is 2. The van der Waals surface area contributed by atoms with E-state index < -0.39 is 12.1 Å². The highest BCUT2D eigenvalue weighted by Crippen LogP contribution is 2.27. The number of rotatable bonds is 9.